The lowest BCUT2D eigenvalue weighted by Crippen LogP contribution is -2.37. The summed E-state index contributed by atoms with van der Waals surface area (Å²) in [7, 11) is 0. The van der Waals surface area contributed by atoms with E-state index in [1.807, 2.05) is 30.3 Å². The number of para-hydroxylation sites is 1. The Morgan fingerprint density at radius 1 is 1.47 bits per heavy atom. The van der Waals surface area contributed by atoms with E-state index in [1.54, 1.807) is 6.92 Å². The topological polar surface area (TPSA) is 50.4 Å². The molecule has 0 aliphatic heterocycles. The highest BCUT2D eigenvalue weighted by molar-refractivity contribution is 6.29. The van der Waals surface area contributed by atoms with Crippen LogP contribution >= 0.6 is 11.6 Å². The lowest BCUT2D eigenvalue weighted by Gasteiger charge is -2.12. The molecule has 0 aromatic heterocycles. The molecule has 4 nitrogen and oxygen atoms in total. The lowest BCUT2D eigenvalue weighted by atomic mass is 10.3. The second-order valence-corrected chi connectivity index (χ2v) is 3.19. The van der Waals surface area contributed by atoms with Gasteiger partial charge in [-0.3, -0.25) is 0 Å². The molecule has 2 N–H and O–H groups in total. The molecule has 0 radical (unpaired) electrons. The number of anilines is 1. The summed E-state index contributed by atoms with van der Waals surface area (Å²) in [5, 5.41) is 0. The number of carbonyl (C=O) groups is 1. The number of ether oxygens (including phenoxy) is 1. The second-order valence-electron chi connectivity index (χ2n) is 2.75. The number of hydrogen-bond acceptors (Lipinski definition) is 4. The van der Waals surface area contributed by atoms with Crippen molar-refractivity contribution in [1.82, 2.24) is 5.43 Å². The predicted molar refractivity (Wildman–Crippen MR) is 59.5 cm³/mol. The minimum atomic E-state index is -0.898. The summed E-state index contributed by atoms with van der Waals surface area (Å²) < 4.78 is 4.72. The zero-order valence-corrected chi connectivity index (χ0v) is 9.12. The Morgan fingerprint density at radius 3 is 2.73 bits per heavy atom. The van der Waals surface area contributed by atoms with Gasteiger partial charge in [0.25, 0.3) is 0 Å². The molecule has 82 valence electrons. The molecule has 0 aliphatic rings. The van der Waals surface area contributed by atoms with Crippen molar-refractivity contribution in [2.45, 2.75) is 12.4 Å². The zero-order valence-electron chi connectivity index (χ0n) is 8.37. The Labute approximate surface area is 93.5 Å². The maximum atomic E-state index is 11.1. The molecule has 0 aliphatic carbocycles. The van der Waals surface area contributed by atoms with Gasteiger partial charge in [0.1, 0.15) is 0 Å². The van der Waals surface area contributed by atoms with Gasteiger partial charge in [-0.05, 0) is 19.1 Å². The van der Waals surface area contributed by atoms with Crippen LogP contribution in [0, 0.1) is 0 Å². The van der Waals surface area contributed by atoms with Crippen molar-refractivity contribution >= 4 is 23.3 Å². The monoisotopic (exact) mass is 228 g/mol. The van der Waals surface area contributed by atoms with Crippen LogP contribution in [-0.2, 0) is 9.53 Å². The first-order chi connectivity index (χ1) is 7.24. The fourth-order valence-electron chi connectivity index (χ4n) is 0.943. The molecule has 0 saturated carbocycles. The summed E-state index contributed by atoms with van der Waals surface area (Å²) in [6, 6.07) is 9.34. The van der Waals surface area contributed by atoms with Crippen molar-refractivity contribution in [1.29, 1.82) is 0 Å². The average molecular weight is 229 g/mol. The number of alkyl halides is 1. The van der Waals surface area contributed by atoms with Crippen LogP contribution in [0.5, 0.6) is 0 Å². The van der Waals surface area contributed by atoms with E-state index in [0.29, 0.717) is 6.61 Å². The number of nitrogens with one attached hydrogen (secondary N) is 2. The van der Waals surface area contributed by atoms with E-state index in [-0.39, 0.29) is 0 Å². The molecule has 1 aromatic rings. The zero-order chi connectivity index (χ0) is 11.1. The largest absolute Gasteiger partial charge is 0.464 e. The first-order valence-corrected chi connectivity index (χ1v) is 5.05. The van der Waals surface area contributed by atoms with Crippen LogP contribution in [0.4, 0.5) is 5.69 Å². The number of rotatable bonds is 5. The molecule has 0 saturated heterocycles. The van der Waals surface area contributed by atoms with Gasteiger partial charge in [-0.15, -0.1) is 0 Å². The van der Waals surface area contributed by atoms with Gasteiger partial charge in [-0.1, -0.05) is 29.8 Å². The first-order valence-electron chi connectivity index (χ1n) is 4.61. The van der Waals surface area contributed by atoms with E-state index in [0.717, 1.165) is 5.69 Å². The molecule has 0 amide bonds. The van der Waals surface area contributed by atoms with Gasteiger partial charge >= 0.3 is 5.97 Å². The SMILES string of the molecule is CCOC(=O)C(Cl)NNc1ccccc1. The molecule has 0 spiro atoms. The maximum Gasteiger partial charge on any atom is 0.340 e. The molecular formula is C10H13ClN2O2. The molecule has 0 bridgehead atoms. The van der Waals surface area contributed by atoms with E-state index in [2.05, 4.69) is 10.9 Å². The number of carbonyl (C=O) groups excluding carboxylic acids is 1. The van der Waals surface area contributed by atoms with Crippen LogP contribution in [0.15, 0.2) is 30.3 Å². The van der Waals surface area contributed by atoms with E-state index in [4.69, 9.17) is 16.3 Å². The quantitative estimate of drug-likeness (QED) is 0.349. The maximum absolute atomic E-state index is 11.1. The molecule has 5 heteroatoms. The summed E-state index contributed by atoms with van der Waals surface area (Å²) in [4.78, 5) is 11.1. The highest BCUT2D eigenvalue weighted by atomic mass is 35.5. The predicted octanol–water partition coefficient (Wildman–Crippen LogP) is 1.73. The Hall–Kier alpha value is -1.26. The molecule has 1 atom stereocenters. The van der Waals surface area contributed by atoms with Gasteiger partial charge in [0, 0.05) is 5.69 Å². The van der Waals surface area contributed by atoms with Gasteiger partial charge in [0.05, 0.1) is 6.61 Å². The summed E-state index contributed by atoms with van der Waals surface area (Å²) in [5.41, 5.74) is 5.35. The van der Waals surface area contributed by atoms with Gasteiger partial charge in [0.15, 0.2) is 5.50 Å². The normalized spacial score (nSPS) is 11.9. The third-order valence-electron chi connectivity index (χ3n) is 1.61. The van der Waals surface area contributed by atoms with Gasteiger partial charge in [-0.2, -0.15) is 0 Å². The van der Waals surface area contributed by atoms with Crippen molar-refractivity contribution in [3.05, 3.63) is 30.3 Å². The van der Waals surface area contributed by atoms with E-state index >= 15 is 0 Å². The fourth-order valence-corrected chi connectivity index (χ4v) is 1.06. The van der Waals surface area contributed by atoms with Crippen LogP contribution in [0.3, 0.4) is 0 Å². The highest BCUT2D eigenvalue weighted by Gasteiger charge is 2.14. The molecule has 1 aromatic carbocycles. The van der Waals surface area contributed by atoms with E-state index < -0.39 is 11.5 Å². The number of hydrogen-bond donors (Lipinski definition) is 2. The lowest BCUT2D eigenvalue weighted by molar-refractivity contribution is -0.143. The van der Waals surface area contributed by atoms with Gasteiger partial charge < -0.3 is 10.2 Å². The summed E-state index contributed by atoms with van der Waals surface area (Å²) in [5.74, 6) is -0.498. The number of halogens is 1. The Morgan fingerprint density at radius 2 is 2.13 bits per heavy atom. The van der Waals surface area contributed by atoms with Crippen LogP contribution in [0.1, 0.15) is 6.92 Å². The Kier molecular flexibility index (Phi) is 4.93. The third-order valence-corrected chi connectivity index (χ3v) is 1.90. The minimum Gasteiger partial charge on any atom is -0.464 e. The summed E-state index contributed by atoms with van der Waals surface area (Å²) in [6.45, 7) is 2.04. The molecule has 15 heavy (non-hydrogen) atoms. The molecule has 1 unspecified atom stereocenters. The van der Waals surface area contributed by atoms with Crippen LogP contribution < -0.4 is 10.9 Å². The molecule has 1 rings (SSSR count). The summed E-state index contributed by atoms with van der Waals surface area (Å²) in [6.07, 6.45) is 0. The Balaban J connectivity index is 2.34. The van der Waals surface area contributed by atoms with Crippen molar-refractivity contribution in [3.8, 4) is 0 Å². The number of esters is 1. The van der Waals surface area contributed by atoms with Crippen LogP contribution in [-0.4, -0.2) is 18.1 Å². The number of hydrazine groups is 1. The second kappa shape index (κ2) is 6.27. The molecular weight excluding hydrogens is 216 g/mol. The van der Waals surface area contributed by atoms with Crippen LogP contribution in [0.25, 0.3) is 0 Å². The first kappa shape index (κ1) is 11.8. The van der Waals surface area contributed by atoms with Gasteiger partial charge in [-0.25, -0.2) is 10.2 Å². The number of benzene rings is 1. The van der Waals surface area contributed by atoms with E-state index in [9.17, 15) is 4.79 Å². The average Bonchev–Trinajstić information content (AvgIpc) is 2.27. The van der Waals surface area contributed by atoms with Crippen LogP contribution in [0.2, 0.25) is 0 Å². The molecule has 0 fully saturated rings. The third kappa shape index (κ3) is 4.18. The fraction of sp³-hybridized carbons (Fsp3) is 0.300. The van der Waals surface area contributed by atoms with Crippen molar-refractivity contribution in [2.75, 3.05) is 12.0 Å². The minimum absolute atomic E-state index is 0.315. The van der Waals surface area contributed by atoms with Crippen molar-refractivity contribution in [3.63, 3.8) is 0 Å². The Bertz CT molecular complexity index is 306. The van der Waals surface area contributed by atoms with Gasteiger partial charge in [0.2, 0.25) is 0 Å². The highest BCUT2D eigenvalue weighted by Crippen LogP contribution is 2.04. The standard InChI is InChI=1S/C10H13ClN2O2/c1-2-15-10(14)9(11)13-12-8-6-4-3-5-7-8/h3-7,9,12-13H,2H2,1H3. The van der Waals surface area contributed by atoms with Crippen molar-refractivity contribution in [2.24, 2.45) is 0 Å². The summed E-state index contributed by atoms with van der Waals surface area (Å²) >= 11 is 5.71. The molecule has 0 heterocycles. The smallest absolute Gasteiger partial charge is 0.340 e. The van der Waals surface area contributed by atoms with E-state index in [1.165, 1.54) is 0 Å². The van der Waals surface area contributed by atoms with Crippen molar-refractivity contribution < 1.29 is 9.53 Å².